The van der Waals surface area contributed by atoms with Crippen LogP contribution in [0.25, 0.3) is 0 Å². The molecule has 1 aromatic rings. The highest BCUT2D eigenvalue weighted by Gasteiger charge is 2.41. The molecule has 24 heavy (non-hydrogen) atoms. The van der Waals surface area contributed by atoms with E-state index in [9.17, 15) is 4.79 Å². The van der Waals surface area contributed by atoms with Gasteiger partial charge in [-0.05, 0) is 43.9 Å². The number of amides is 1. The lowest BCUT2D eigenvalue weighted by molar-refractivity contribution is 0.0962. The minimum absolute atomic E-state index is 0.0728. The lowest BCUT2D eigenvalue weighted by Crippen LogP contribution is -2.47. The molecule has 130 valence electrons. The van der Waals surface area contributed by atoms with Gasteiger partial charge in [0.2, 0.25) is 0 Å². The van der Waals surface area contributed by atoms with Crippen molar-refractivity contribution < 1.29 is 9.53 Å². The minimum Gasteiger partial charge on any atom is -0.373 e. The Morgan fingerprint density at radius 1 is 1.29 bits per heavy atom. The summed E-state index contributed by atoms with van der Waals surface area (Å²) < 4.78 is 5.89. The summed E-state index contributed by atoms with van der Waals surface area (Å²) in [6.45, 7) is 3.46. The summed E-state index contributed by atoms with van der Waals surface area (Å²) in [6, 6.07) is 7.90. The molecule has 3 unspecified atom stereocenters. The quantitative estimate of drug-likeness (QED) is 0.564. The van der Waals surface area contributed by atoms with Gasteiger partial charge in [-0.3, -0.25) is 4.79 Å². The molecule has 0 spiro atoms. The molecule has 2 heterocycles. The lowest BCUT2D eigenvalue weighted by atomic mass is 9.96. The number of fused-ring (bicyclic) bond motifs is 2. The van der Waals surface area contributed by atoms with Crippen LogP contribution in [0, 0.1) is 0 Å². The van der Waals surface area contributed by atoms with Gasteiger partial charge in [0.05, 0.1) is 24.8 Å². The molecule has 0 aromatic heterocycles. The summed E-state index contributed by atoms with van der Waals surface area (Å²) in [5.74, 6) is 0.755. The third-order valence-corrected chi connectivity index (χ3v) is 4.64. The Morgan fingerprint density at radius 3 is 2.67 bits per heavy atom. The monoisotopic (exact) mass is 330 g/mol. The fourth-order valence-corrected chi connectivity index (χ4v) is 3.36. The number of nitrogens with one attached hydrogen (secondary N) is 3. The molecule has 2 aliphatic rings. The van der Waals surface area contributed by atoms with Crippen LogP contribution in [0.2, 0.25) is 0 Å². The topological polar surface area (TPSA) is 74.8 Å². The Kier molecular flexibility index (Phi) is 5.35. The van der Waals surface area contributed by atoms with Crippen LogP contribution in [-0.2, 0) is 11.3 Å². The molecule has 6 heteroatoms. The predicted octanol–water partition coefficient (Wildman–Crippen LogP) is 1.42. The van der Waals surface area contributed by atoms with Crippen LogP contribution in [0.3, 0.4) is 0 Å². The number of aliphatic imine (C=N–C) groups is 1. The minimum atomic E-state index is -0.0728. The molecular formula is C18H26N4O2. The number of guanidine groups is 1. The third kappa shape index (κ3) is 3.87. The van der Waals surface area contributed by atoms with Crippen molar-refractivity contribution in [2.75, 3.05) is 13.6 Å². The Balaban J connectivity index is 1.60. The molecule has 3 atom stereocenters. The lowest BCUT2D eigenvalue weighted by Gasteiger charge is -2.22. The Bertz CT molecular complexity index is 600. The van der Waals surface area contributed by atoms with Gasteiger partial charge >= 0.3 is 0 Å². The van der Waals surface area contributed by atoms with Gasteiger partial charge in [0.25, 0.3) is 5.91 Å². The van der Waals surface area contributed by atoms with Crippen LogP contribution >= 0.6 is 0 Å². The number of carbonyl (C=O) groups excluding carboxylic acids is 1. The van der Waals surface area contributed by atoms with Crippen molar-refractivity contribution >= 4 is 11.9 Å². The summed E-state index contributed by atoms with van der Waals surface area (Å²) in [5.41, 5.74) is 1.73. The van der Waals surface area contributed by atoms with Crippen molar-refractivity contribution in [1.29, 1.82) is 0 Å². The van der Waals surface area contributed by atoms with Gasteiger partial charge in [-0.1, -0.05) is 12.1 Å². The molecule has 2 bridgehead atoms. The van der Waals surface area contributed by atoms with Gasteiger partial charge in [-0.2, -0.15) is 0 Å². The second kappa shape index (κ2) is 7.66. The Hall–Kier alpha value is -2.08. The standard InChI is InChI=1S/C18H26N4O2/c1-3-20-18(22-15-10-14-8-9-16(15)24-14)21-11-12-4-6-13(7-5-12)17(23)19-2/h4-7,14-16H,3,8-11H2,1-2H3,(H,19,23)(H2,20,21,22). The zero-order valence-electron chi connectivity index (χ0n) is 14.3. The van der Waals surface area contributed by atoms with Gasteiger partial charge in [0.1, 0.15) is 0 Å². The van der Waals surface area contributed by atoms with Gasteiger partial charge in [0.15, 0.2) is 5.96 Å². The number of carbonyl (C=O) groups is 1. The number of nitrogens with zero attached hydrogens (tertiary/aromatic N) is 1. The summed E-state index contributed by atoms with van der Waals surface area (Å²) in [4.78, 5) is 16.2. The maximum Gasteiger partial charge on any atom is 0.251 e. The molecule has 2 saturated heterocycles. The molecule has 0 saturated carbocycles. The van der Waals surface area contributed by atoms with E-state index in [0.29, 0.717) is 30.4 Å². The number of ether oxygens (including phenoxy) is 1. The van der Waals surface area contributed by atoms with E-state index >= 15 is 0 Å². The summed E-state index contributed by atoms with van der Waals surface area (Å²) in [7, 11) is 1.63. The zero-order valence-corrected chi connectivity index (χ0v) is 14.3. The SMILES string of the molecule is CCNC(=NCc1ccc(C(=O)NC)cc1)NC1CC2CCC1O2. The smallest absolute Gasteiger partial charge is 0.251 e. The van der Waals surface area contributed by atoms with Gasteiger partial charge < -0.3 is 20.7 Å². The van der Waals surface area contributed by atoms with E-state index in [1.54, 1.807) is 7.05 Å². The molecule has 0 aliphatic carbocycles. The predicted molar refractivity (Wildman–Crippen MR) is 94.1 cm³/mol. The molecule has 3 rings (SSSR count). The number of benzene rings is 1. The van der Waals surface area contributed by atoms with Crippen LogP contribution < -0.4 is 16.0 Å². The molecule has 1 aromatic carbocycles. The van der Waals surface area contributed by atoms with Crippen LogP contribution in [0.1, 0.15) is 42.1 Å². The van der Waals surface area contributed by atoms with Crippen molar-refractivity contribution in [3.8, 4) is 0 Å². The Labute approximate surface area is 143 Å². The second-order valence-electron chi connectivity index (χ2n) is 6.33. The molecule has 0 radical (unpaired) electrons. The molecule has 3 N–H and O–H groups in total. The van der Waals surface area contributed by atoms with Crippen LogP contribution in [0.15, 0.2) is 29.3 Å². The van der Waals surface area contributed by atoms with E-state index in [2.05, 4.69) is 27.9 Å². The summed E-state index contributed by atoms with van der Waals surface area (Å²) in [6.07, 6.45) is 4.14. The first kappa shape index (κ1) is 16.8. The average molecular weight is 330 g/mol. The van der Waals surface area contributed by atoms with Gasteiger partial charge in [0, 0.05) is 19.2 Å². The van der Waals surface area contributed by atoms with Crippen molar-refractivity contribution in [3.63, 3.8) is 0 Å². The van der Waals surface area contributed by atoms with Crippen molar-refractivity contribution in [2.24, 2.45) is 4.99 Å². The van der Waals surface area contributed by atoms with Crippen LogP contribution in [0.5, 0.6) is 0 Å². The third-order valence-electron chi connectivity index (χ3n) is 4.64. The first-order valence-electron chi connectivity index (χ1n) is 8.71. The van der Waals surface area contributed by atoms with Gasteiger partial charge in [-0.25, -0.2) is 4.99 Å². The van der Waals surface area contributed by atoms with E-state index in [4.69, 9.17) is 4.74 Å². The highest BCUT2D eigenvalue weighted by atomic mass is 16.5. The van der Waals surface area contributed by atoms with E-state index < -0.39 is 0 Å². The van der Waals surface area contributed by atoms with Crippen molar-refractivity contribution in [3.05, 3.63) is 35.4 Å². The fraction of sp³-hybridized carbons (Fsp3) is 0.556. The highest BCUT2D eigenvalue weighted by Crippen LogP contribution is 2.34. The number of hydrogen-bond acceptors (Lipinski definition) is 3. The van der Waals surface area contributed by atoms with Crippen LogP contribution in [-0.4, -0.2) is 43.7 Å². The first-order valence-corrected chi connectivity index (χ1v) is 8.71. The molecule has 1 amide bonds. The average Bonchev–Trinajstić information content (AvgIpc) is 3.22. The maximum atomic E-state index is 11.6. The largest absolute Gasteiger partial charge is 0.373 e. The van der Waals surface area contributed by atoms with Crippen LogP contribution in [0.4, 0.5) is 0 Å². The maximum absolute atomic E-state index is 11.6. The molecule has 6 nitrogen and oxygen atoms in total. The number of rotatable bonds is 5. The van der Waals surface area contributed by atoms with E-state index in [-0.39, 0.29) is 5.91 Å². The number of hydrogen-bond donors (Lipinski definition) is 3. The first-order chi connectivity index (χ1) is 11.7. The molecule has 2 fully saturated rings. The van der Waals surface area contributed by atoms with Crippen molar-refractivity contribution in [1.82, 2.24) is 16.0 Å². The Morgan fingerprint density at radius 2 is 2.08 bits per heavy atom. The van der Waals surface area contributed by atoms with E-state index in [0.717, 1.165) is 30.9 Å². The van der Waals surface area contributed by atoms with Crippen molar-refractivity contribution in [2.45, 2.75) is 51.0 Å². The normalized spacial score (nSPS) is 25.6. The van der Waals surface area contributed by atoms with E-state index in [1.165, 1.54) is 6.42 Å². The fourth-order valence-electron chi connectivity index (χ4n) is 3.36. The summed E-state index contributed by atoms with van der Waals surface area (Å²) >= 11 is 0. The van der Waals surface area contributed by atoms with E-state index in [1.807, 2.05) is 24.3 Å². The highest BCUT2D eigenvalue weighted by molar-refractivity contribution is 5.93. The summed E-state index contributed by atoms with van der Waals surface area (Å²) in [5, 5.41) is 9.43. The van der Waals surface area contributed by atoms with Gasteiger partial charge in [-0.15, -0.1) is 0 Å². The molecule has 2 aliphatic heterocycles. The zero-order chi connectivity index (χ0) is 16.9. The second-order valence-corrected chi connectivity index (χ2v) is 6.33. The molecular weight excluding hydrogens is 304 g/mol.